The molecule has 0 spiro atoms. The van der Waals surface area contributed by atoms with Crippen molar-refractivity contribution in [2.75, 3.05) is 13.2 Å². The van der Waals surface area contributed by atoms with Gasteiger partial charge in [0.25, 0.3) is 0 Å². The van der Waals surface area contributed by atoms with E-state index in [1.165, 1.54) is 4.46 Å². The van der Waals surface area contributed by atoms with E-state index in [2.05, 4.69) is 42.5 Å². The summed E-state index contributed by atoms with van der Waals surface area (Å²) in [6.07, 6.45) is 0. The molecule has 1 saturated heterocycles. The molecule has 0 aromatic heterocycles. The molecule has 98 valence electrons. The summed E-state index contributed by atoms with van der Waals surface area (Å²) in [5.41, 5.74) is 1.13. The Labute approximate surface area is 119 Å². The van der Waals surface area contributed by atoms with Gasteiger partial charge in [-0.2, -0.15) is 0 Å². The van der Waals surface area contributed by atoms with E-state index >= 15 is 0 Å². The molecule has 0 atom stereocenters. The van der Waals surface area contributed by atoms with E-state index in [1.54, 1.807) is 0 Å². The van der Waals surface area contributed by atoms with Gasteiger partial charge in [0.15, 0.2) is 0 Å². The van der Waals surface area contributed by atoms with Crippen molar-refractivity contribution in [2.45, 2.75) is 11.1 Å². The Balaban J connectivity index is 1.78. The van der Waals surface area contributed by atoms with Gasteiger partial charge in [-0.3, -0.25) is 0 Å². The van der Waals surface area contributed by atoms with Gasteiger partial charge in [0.2, 0.25) is 0 Å². The molecule has 0 radical (unpaired) electrons. The Bertz CT molecular complexity index is 507. The Morgan fingerprint density at radius 3 is 2.05 bits per heavy atom. The predicted molar refractivity (Wildman–Crippen MR) is 76.7 cm³/mol. The van der Waals surface area contributed by atoms with E-state index in [1.807, 2.05) is 18.2 Å². The molecule has 0 N–H and O–H groups in total. The van der Waals surface area contributed by atoms with Crippen molar-refractivity contribution in [3.63, 3.8) is 0 Å². The molecule has 1 aliphatic heterocycles. The van der Waals surface area contributed by atoms with Gasteiger partial charge in [0.1, 0.15) is 0 Å². The Hall–Kier alpha value is -1.12. The zero-order valence-corrected chi connectivity index (χ0v) is 12.3. The second-order valence-electron chi connectivity index (χ2n) is 4.42. The Morgan fingerprint density at radius 1 is 0.842 bits per heavy atom. The van der Waals surface area contributed by atoms with E-state index in [0.717, 1.165) is 10.9 Å². The zero-order valence-electron chi connectivity index (χ0n) is 10.6. The molecule has 1 fully saturated rings. The van der Waals surface area contributed by atoms with Crippen LogP contribution in [0, 0.1) is 0 Å². The number of hydrogen-bond donors (Lipinski definition) is 0. The fourth-order valence-corrected chi connectivity index (χ4v) is 4.36. The molecule has 19 heavy (non-hydrogen) atoms. The summed E-state index contributed by atoms with van der Waals surface area (Å²) in [4.78, 5) is 0. The van der Waals surface area contributed by atoms with Crippen molar-refractivity contribution < 1.29 is 9.47 Å². The SMILES string of the molecule is c1ccc([Se]CC2(c3ccccc3)OCCO2)cc1. The van der Waals surface area contributed by atoms with E-state index in [9.17, 15) is 0 Å². The average Bonchev–Trinajstić information content (AvgIpc) is 2.97. The Kier molecular flexibility index (Phi) is 4.00. The molecule has 3 rings (SSSR count). The van der Waals surface area contributed by atoms with Gasteiger partial charge in [-0.25, -0.2) is 0 Å². The fraction of sp³-hybridized carbons (Fsp3) is 0.250. The van der Waals surface area contributed by atoms with E-state index in [-0.39, 0.29) is 0 Å². The van der Waals surface area contributed by atoms with Crippen LogP contribution in [0.15, 0.2) is 60.7 Å². The molecule has 2 aromatic carbocycles. The molecule has 0 bridgehead atoms. The number of hydrogen-bond acceptors (Lipinski definition) is 2. The summed E-state index contributed by atoms with van der Waals surface area (Å²) in [6, 6.07) is 20.9. The van der Waals surface area contributed by atoms with Gasteiger partial charge in [0, 0.05) is 0 Å². The van der Waals surface area contributed by atoms with Crippen LogP contribution in [0.2, 0.25) is 5.32 Å². The van der Waals surface area contributed by atoms with Crippen LogP contribution in [0.4, 0.5) is 0 Å². The van der Waals surface area contributed by atoms with Gasteiger partial charge >= 0.3 is 119 Å². The van der Waals surface area contributed by atoms with Gasteiger partial charge < -0.3 is 0 Å². The maximum absolute atomic E-state index is 5.94. The van der Waals surface area contributed by atoms with E-state index < -0.39 is 5.79 Å². The van der Waals surface area contributed by atoms with Crippen LogP contribution in [-0.2, 0) is 15.3 Å². The van der Waals surface area contributed by atoms with Gasteiger partial charge in [0.05, 0.1) is 0 Å². The average molecular weight is 319 g/mol. The molecule has 0 amide bonds. The first kappa shape index (κ1) is 12.9. The first-order valence-corrected chi connectivity index (χ1v) is 8.47. The first-order chi connectivity index (χ1) is 9.39. The maximum atomic E-state index is 5.94. The predicted octanol–water partition coefficient (Wildman–Crippen LogP) is 2.33. The number of benzene rings is 2. The quantitative estimate of drug-likeness (QED) is 0.806. The van der Waals surface area contributed by atoms with Crippen LogP contribution in [0.3, 0.4) is 0 Å². The molecule has 1 aliphatic rings. The van der Waals surface area contributed by atoms with Crippen molar-refractivity contribution in [1.82, 2.24) is 0 Å². The van der Waals surface area contributed by atoms with Gasteiger partial charge in [-0.1, -0.05) is 0 Å². The molecule has 2 aromatic rings. The topological polar surface area (TPSA) is 18.5 Å². The first-order valence-electron chi connectivity index (χ1n) is 6.40. The van der Waals surface area contributed by atoms with Crippen molar-refractivity contribution in [1.29, 1.82) is 0 Å². The van der Waals surface area contributed by atoms with Crippen LogP contribution in [0.1, 0.15) is 5.56 Å². The van der Waals surface area contributed by atoms with Gasteiger partial charge in [-0.15, -0.1) is 0 Å². The fourth-order valence-electron chi connectivity index (χ4n) is 2.18. The molecule has 0 aliphatic carbocycles. The molecule has 3 heteroatoms. The number of rotatable bonds is 4. The molecular formula is C16H16O2Se. The summed E-state index contributed by atoms with van der Waals surface area (Å²) in [7, 11) is 0. The summed E-state index contributed by atoms with van der Waals surface area (Å²) >= 11 is 0.349. The van der Waals surface area contributed by atoms with Crippen molar-refractivity contribution in [3.8, 4) is 0 Å². The molecule has 0 unspecified atom stereocenters. The second-order valence-corrected chi connectivity index (χ2v) is 6.62. The molecule has 1 heterocycles. The van der Waals surface area contributed by atoms with Crippen molar-refractivity contribution >= 4 is 19.4 Å². The van der Waals surface area contributed by atoms with Crippen LogP contribution >= 0.6 is 0 Å². The van der Waals surface area contributed by atoms with Gasteiger partial charge in [-0.05, 0) is 0 Å². The normalized spacial score (nSPS) is 17.5. The molecule has 2 nitrogen and oxygen atoms in total. The third-order valence-electron chi connectivity index (χ3n) is 3.14. The number of ether oxygens (including phenoxy) is 2. The van der Waals surface area contributed by atoms with Crippen molar-refractivity contribution in [2.24, 2.45) is 0 Å². The van der Waals surface area contributed by atoms with Crippen LogP contribution in [0.25, 0.3) is 0 Å². The third-order valence-corrected chi connectivity index (χ3v) is 5.51. The summed E-state index contributed by atoms with van der Waals surface area (Å²) in [5.74, 6) is -0.531. The summed E-state index contributed by atoms with van der Waals surface area (Å²) in [5, 5.41) is 0.911. The summed E-state index contributed by atoms with van der Waals surface area (Å²) < 4.78 is 13.3. The zero-order chi connectivity index (χ0) is 13.0. The van der Waals surface area contributed by atoms with Crippen molar-refractivity contribution in [3.05, 3.63) is 66.2 Å². The standard InChI is InChI=1S/C16H16O2Se/c1-3-7-14(8-4-1)16(17-11-12-18-16)13-19-15-9-5-2-6-10-15/h1-10H,11-13H2. The van der Waals surface area contributed by atoms with E-state index in [4.69, 9.17) is 9.47 Å². The van der Waals surface area contributed by atoms with Crippen LogP contribution < -0.4 is 4.46 Å². The minimum absolute atomic E-state index is 0.349. The monoisotopic (exact) mass is 320 g/mol. The third kappa shape index (κ3) is 2.90. The van der Waals surface area contributed by atoms with Crippen LogP contribution in [-0.4, -0.2) is 28.2 Å². The minimum atomic E-state index is -0.531. The molecular weight excluding hydrogens is 303 g/mol. The molecule has 0 saturated carbocycles. The van der Waals surface area contributed by atoms with E-state index in [0.29, 0.717) is 28.2 Å². The summed E-state index contributed by atoms with van der Waals surface area (Å²) in [6.45, 7) is 1.36. The Morgan fingerprint density at radius 2 is 1.42 bits per heavy atom. The van der Waals surface area contributed by atoms with Crippen LogP contribution in [0.5, 0.6) is 0 Å². The second kappa shape index (κ2) is 5.89.